The van der Waals surface area contributed by atoms with Crippen molar-refractivity contribution in [1.29, 1.82) is 0 Å². The second kappa shape index (κ2) is 6.17. The Morgan fingerprint density at radius 2 is 2.15 bits per heavy atom. The van der Waals surface area contributed by atoms with Crippen molar-refractivity contribution < 1.29 is 18.3 Å². The Balaban J connectivity index is 2.45. The monoisotopic (exact) mass is 339 g/mol. The maximum Gasteiger partial charge on any atom is 0.244 e. The van der Waals surface area contributed by atoms with E-state index in [1.807, 2.05) is 0 Å². The number of benzene rings is 1. The summed E-state index contributed by atoms with van der Waals surface area (Å²) in [7, 11) is -2.29. The first kappa shape index (κ1) is 16.0. The zero-order valence-electron chi connectivity index (χ0n) is 10.8. The van der Waals surface area contributed by atoms with Crippen LogP contribution in [0.1, 0.15) is 12.0 Å². The molecule has 1 fully saturated rings. The Bertz CT molecular complexity index is 600. The van der Waals surface area contributed by atoms with Crippen LogP contribution in [0.2, 0.25) is 10.0 Å². The molecule has 0 radical (unpaired) electrons. The molecular weight excluding hydrogens is 325 g/mol. The molecule has 0 aromatic heterocycles. The molecule has 2 rings (SSSR count). The molecule has 0 saturated carbocycles. The van der Waals surface area contributed by atoms with Crippen molar-refractivity contribution in [3.63, 3.8) is 0 Å². The zero-order chi connectivity index (χ0) is 14.9. The lowest BCUT2D eigenvalue weighted by Crippen LogP contribution is -2.37. The molecule has 1 aliphatic rings. The molecular formula is C12H15Cl2NO4S. The molecule has 1 atom stereocenters. The number of halogens is 2. The normalized spacial score (nSPS) is 19.8. The van der Waals surface area contributed by atoms with Crippen LogP contribution in [0.5, 0.6) is 0 Å². The van der Waals surface area contributed by atoms with E-state index >= 15 is 0 Å². The fourth-order valence-electron chi connectivity index (χ4n) is 2.08. The highest BCUT2D eigenvalue weighted by molar-refractivity contribution is 7.89. The first-order valence-electron chi connectivity index (χ1n) is 6.02. The number of likely N-dealkylation sites (N-methyl/N-ethyl adjacent to an activating group) is 1. The molecule has 112 valence electrons. The molecule has 1 heterocycles. The van der Waals surface area contributed by atoms with Gasteiger partial charge in [-0.1, -0.05) is 23.2 Å². The van der Waals surface area contributed by atoms with Crippen molar-refractivity contribution in [2.45, 2.75) is 24.0 Å². The van der Waals surface area contributed by atoms with Gasteiger partial charge in [-0.05, 0) is 24.1 Å². The van der Waals surface area contributed by atoms with Crippen LogP contribution >= 0.6 is 23.2 Å². The third-order valence-electron chi connectivity index (χ3n) is 3.33. The summed E-state index contributed by atoms with van der Waals surface area (Å²) in [6, 6.07) is 2.53. The van der Waals surface area contributed by atoms with Crippen LogP contribution in [0.4, 0.5) is 0 Å². The third-order valence-corrected chi connectivity index (χ3v) is 6.04. The molecule has 0 bridgehead atoms. The van der Waals surface area contributed by atoms with Crippen LogP contribution in [0, 0.1) is 0 Å². The summed E-state index contributed by atoms with van der Waals surface area (Å²) in [5.74, 6) is 0. The highest BCUT2D eigenvalue weighted by atomic mass is 35.5. The minimum Gasteiger partial charge on any atom is -0.392 e. The molecule has 20 heavy (non-hydrogen) atoms. The lowest BCUT2D eigenvalue weighted by atomic mass is 10.2. The van der Waals surface area contributed by atoms with E-state index in [1.54, 1.807) is 0 Å². The highest BCUT2D eigenvalue weighted by Crippen LogP contribution is 2.32. The minimum absolute atomic E-state index is 0.00247. The predicted octanol–water partition coefficient (Wildman–Crippen LogP) is 1.90. The SMILES string of the molecule is CN(C1CCOC1)S(=O)(=O)c1cc(Cl)cc(CO)c1Cl. The van der Waals surface area contributed by atoms with Gasteiger partial charge in [-0.3, -0.25) is 0 Å². The number of aliphatic hydroxyl groups is 1. The summed E-state index contributed by atoms with van der Waals surface area (Å²) in [6.07, 6.45) is 0.640. The molecule has 1 N–H and O–H groups in total. The van der Waals surface area contributed by atoms with Gasteiger partial charge in [0.15, 0.2) is 0 Å². The van der Waals surface area contributed by atoms with Crippen LogP contribution in [0.15, 0.2) is 17.0 Å². The summed E-state index contributed by atoms with van der Waals surface area (Å²) in [5, 5.41) is 9.43. The molecule has 1 aromatic rings. The lowest BCUT2D eigenvalue weighted by Gasteiger charge is -2.23. The van der Waals surface area contributed by atoms with Crippen LogP contribution in [-0.2, 0) is 21.4 Å². The van der Waals surface area contributed by atoms with Crippen molar-refractivity contribution in [3.05, 3.63) is 27.7 Å². The van der Waals surface area contributed by atoms with Crippen molar-refractivity contribution in [2.24, 2.45) is 0 Å². The van der Waals surface area contributed by atoms with Gasteiger partial charge in [-0.15, -0.1) is 0 Å². The summed E-state index contributed by atoms with van der Waals surface area (Å²) in [4.78, 5) is -0.0925. The van der Waals surface area contributed by atoms with Crippen molar-refractivity contribution in [2.75, 3.05) is 20.3 Å². The fraction of sp³-hybridized carbons (Fsp3) is 0.500. The van der Waals surface area contributed by atoms with E-state index in [0.717, 1.165) is 0 Å². The lowest BCUT2D eigenvalue weighted by molar-refractivity contribution is 0.181. The number of nitrogens with zero attached hydrogens (tertiary/aromatic N) is 1. The van der Waals surface area contributed by atoms with Crippen molar-refractivity contribution >= 4 is 33.2 Å². The average Bonchev–Trinajstić information content (AvgIpc) is 2.93. The minimum atomic E-state index is -3.78. The number of hydrogen-bond acceptors (Lipinski definition) is 4. The Kier molecular flexibility index (Phi) is 4.94. The highest BCUT2D eigenvalue weighted by Gasteiger charge is 2.32. The van der Waals surface area contributed by atoms with Gasteiger partial charge >= 0.3 is 0 Å². The molecule has 0 spiro atoms. The molecule has 8 heteroatoms. The summed E-state index contributed by atoms with van der Waals surface area (Å²) < 4.78 is 31.7. The van der Waals surface area contributed by atoms with E-state index in [-0.39, 0.29) is 33.2 Å². The topological polar surface area (TPSA) is 66.8 Å². The van der Waals surface area contributed by atoms with E-state index < -0.39 is 10.0 Å². The number of aliphatic hydroxyl groups excluding tert-OH is 1. The standard InChI is InChI=1S/C12H15Cl2NO4S/c1-15(10-2-3-19-7-10)20(17,18)11-5-9(13)4-8(6-16)12(11)14/h4-5,10,16H,2-3,6-7H2,1H3. The summed E-state index contributed by atoms with van der Waals surface area (Å²) >= 11 is 12.0. The largest absolute Gasteiger partial charge is 0.392 e. The van der Waals surface area contributed by atoms with E-state index in [4.69, 9.17) is 27.9 Å². The fourth-order valence-corrected chi connectivity index (χ4v) is 4.35. The maximum atomic E-state index is 12.6. The van der Waals surface area contributed by atoms with Gasteiger partial charge in [0.05, 0.1) is 24.3 Å². The number of rotatable bonds is 4. The number of ether oxygens (including phenoxy) is 1. The van der Waals surface area contributed by atoms with E-state index in [2.05, 4.69) is 0 Å². The first-order chi connectivity index (χ1) is 9.37. The Morgan fingerprint density at radius 3 is 2.70 bits per heavy atom. The quantitative estimate of drug-likeness (QED) is 0.909. The van der Waals surface area contributed by atoms with Crippen molar-refractivity contribution in [1.82, 2.24) is 4.31 Å². The summed E-state index contributed by atoms with van der Waals surface area (Å²) in [5.41, 5.74) is 0.286. The molecule has 5 nitrogen and oxygen atoms in total. The molecule has 1 aromatic carbocycles. The van der Waals surface area contributed by atoms with E-state index in [0.29, 0.717) is 19.6 Å². The molecule has 1 unspecified atom stereocenters. The molecule has 0 amide bonds. The average molecular weight is 340 g/mol. The van der Waals surface area contributed by atoms with Gasteiger partial charge in [0.2, 0.25) is 10.0 Å². The smallest absolute Gasteiger partial charge is 0.244 e. The maximum absolute atomic E-state index is 12.6. The van der Waals surface area contributed by atoms with Crippen LogP contribution < -0.4 is 0 Å². The Hall–Kier alpha value is -0.370. The van der Waals surface area contributed by atoms with Gasteiger partial charge in [-0.2, -0.15) is 4.31 Å². The Labute approximate surface area is 128 Å². The van der Waals surface area contributed by atoms with Crippen LogP contribution in [-0.4, -0.2) is 44.1 Å². The van der Waals surface area contributed by atoms with E-state index in [9.17, 15) is 13.5 Å². The Morgan fingerprint density at radius 1 is 1.45 bits per heavy atom. The van der Waals surface area contributed by atoms with Gasteiger partial charge in [0.1, 0.15) is 4.90 Å². The zero-order valence-corrected chi connectivity index (χ0v) is 13.2. The second-order valence-corrected chi connectivity index (χ2v) is 7.35. The van der Waals surface area contributed by atoms with Gasteiger partial charge in [0.25, 0.3) is 0 Å². The van der Waals surface area contributed by atoms with Gasteiger partial charge in [-0.25, -0.2) is 8.42 Å². The predicted molar refractivity (Wildman–Crippen MR) is 76.6 cm³/mol. The van der Waals surface area contributed by atoms with Gasteiger partial charge < -0.3 is 9.84 Å². The molecule has 0 aliphatic carbocycles. The second-order valence-electron chi connectivity index (χ2n) is 4.57. The van der Waals surface area contributed by atoms with Crippen molar-refractivity contribution in [3.8, 4) is 0 Å². The third kappa shape index (κ3) is 2.95. The molecule has 1 saturated heterocycles. The number of hydrogen-bond donors (Lipinski definition) is 1. The summed E-state index contributed by atoms with van der Waals surface area (Å²) in [6.45, 7) is 0.522. The van der Waals surface area contributed by atoms with E-state index in [1.165, 1.54) is 23.5 Å². The molecule has 1 aliphatic heterocycles. The van der Waals surface area contributed by atoms with Crippen LogP contribution in [0.3, 0.4) is 0 Å². The number of sulfonamides is 1. The van der Waals surface area contributed by atoms with Gasteiger partial charge in [0, 0.05) is 18.7 Å². The van der Waals surface area contributed by atoms with Crippen LogP contribution in [0.25, 0.3) is 0 Å². The first-order valence-corrected chi connectivity index (χ1v) is 8.22.